The first-order valence-electron chi connectivity index (χ1n) is 3.42. The van der Waals surface area contributed by atoms with Gasteiger partial charge in [0, 0.05) is 0 Å². The third kappa shape index (κ3) is 1.73. The minimum Gasteiger partial charge on any atom is -0.507 e. The van der Waals surface area contributed by atoms with Gasteiger partial charge in [-0.1, -0.05) is 12.1 Å². The first kappa shape index (κ1) is 8.55. The Morgan fingerprint density at radius 1 is 1.42 bits per heavy atom. The summed E-state index contributed by atoms with van der Waals surface area (Å²) < 4.78 is 0. The number of carbonyl (C=O) groups excluding carboxylic acids is 1. The van der Waals surface area contributed by atoms with Crippen LogP contribution in [0.5, 0.6) is 5.75 Å². The molecular formula is C8H9NO3. The number of para-hydroxylation sites is 1. The van der Waals surface area contributed by atoms with Crippen LogP contribution in [0.25, 0.3) is 0 Å². The summed E-state index contributed by atoms with van der Waals surface area (Å²) in [7, 11) is 0. The average Bonchev–Trinajstić information content (AvgIpc) is 2.05. The molecule has 4 nitrogen and oxygen atoms in total. The number of aromatic hydroxyl groups is 1. The number of benzene rings is 1. The lowest BCUT2D eigenvalue weighted by Crippen LogP contribution is -2.23. The molecule has 0 aliphatic heterocycles. The van der Waals surface area contributed by atoms with Crippen molar-refractivity contribution in [3.63, 3.8) is 0 Å². The Morgan fingerprint density at radius 2 is 2.08 bits per heavy atom. The van der Waals surface area contributed by atoms with Gasteiger partial charge in [0.05, 0.1) is 5.56 Å². The third-order valence-corrected chi connectivity index (χ3v) is 1.39. The van der Waals surface area contributed by atoms with E-state index < -0.39 is 12.6 Å². The van der Waals surface area contributed by atoms with Gasteiger partial charge in [0.2, 0.25) is 0 Å². The Kier molecular flexibility index (Phi) is 2.66. The van der Waals surface area contributed by atoms with Gasteiger partial charge in [-0.15, -0.1) is 0 Å². The number of aliphatic hydroxyl groups is 1. The first-order chi connectivity index (χ1) is 5.75. The van der Waals surface area contributed by atoms with Crippen molar-refractivity contribution in [3.8, 4) is 5.75 Å². The summed E-state index contributed by atoms with van der Waals surface area (Å²) in [5.74, 6) is -0.584. The molecule has 0 atom stereocenters. The third-order valence-electron chi connectivity index (χ3n) is 1.39. The number of hydrogen-bond acceptors (Lipinski definition) is 3. The van der Waals surface area contributed by atoms with Crippen LogP contribution in [0.2, 0.25) is 0 Å². The predicted molar refractivity (Wildman–Crippen MR) is 42.7 cm³/mol. The predicted octanol–water partition coefficient (Wildman–Crippen LogP) is 0.0718. The van der Waals surface area contributed by atoms with Gasteiger partial charge in [-0.25, -0.2) is 0 Å². The van der Waals surface area contributed by atoms with Gasteiger partial charge in [-0.05, 0) is 12.1 Å². The molecule has 1 amide bonds. The summed E-state index contributed by atoms with van der Waals surface area (Å²) in [5.41, 5.74) is 0.159. The maximum absolute atomic E-state index is 11.0. The second-order valence-corrected chi connectivity index (χ2v) is 2.18. The van der Waals surface area contributed by atoms with Crippen LogP contribution < -0.4 is 5.32 Å². The van der Waals surface area contributed by atoms with Crippen LogP contribution in [0, 0.1) is 0 Å². The summed E-state index contributed by atoms with van der Waals surface area (Å²) in [6.45, 7) is -0.437. The zero-order valence-corrected chi connectivity index (χ0v) is 6.32. The van der Waals surface area contributed by atoms with E-state index in [4.69, 9.17) is 10.2 Å². The van der Waals surface area contributed by atoms with Crippen molar-refractivity contribution < 1.29 is 15.0 Å². The Morgan fingerprint density at radius 3 is 2.67 bits per heavy atom. The Labute approximate surface area is 69.5 Å². The number of rotatable bonds is 2. The van der Waals surface area contributed by atoms with Crippen LogP contribution in [-0.4, -0.2) is 22.9 Å². The summed E-state index contributed by atoms with van der Waals surface area (Å²) in [4.78, 5) is 11.0. The molecular weight excluding hydrogens is 158 g/mol. The maximum atomic E-state index is 11.0. The molecule has 0 heterocycles. The highest BCUT2D eigenvalue weighted by Gasteiger charge is 2.07. The van der Waals surface area contributed by atoms with Crippen LogP contribution >= 0.6 is 0 Å². The van der Waals surface area contributed by atoms with E-state index in [1.807, 2.05) is 0 Å². The topological polar surface area (TPSA) is 69.6 Å². The highest BCUT2D eigenvalue weighted by atomic mass is 16.3. The van der Waals surface area contributed by atoms with Crippen molar-refractivity contribution in [2.75, 3.05) is 6.73 Å². The van der Waals surface area contributed by atoms with E-state index in [-0.39, 0.29) is 11.3 Å². The van der Waals surface area contributed by atoms with Gasteiger partial charge in [0.15, 0.2) is 0 Å². The van der Waals surface area contributed by atoms with Gasteiger partial charge in [0.1, 0.15) is 12.5 Å². The molecule has 1 aromatic carbocycles. The quantitative estimate of drug-likeness (QED) is 0.546. The number of aliphatic hydroxyl groups excluding tert-OH is 1. The smallest absolute Gasteiger partial charge is 0.256 e. The molecule has 0 bridgehead atoms. The number of hydrogen-bond donors (Lipinski definition) is 3. The molecule has 0 radical (unpaired) electrons. The SMILES string of the molecule is O=C(NCO)c1ccccc1O. The molecule has 0 spiro atoms. The number of nitrogens with one attached hydrogen (secondary N) is 1. The minimum absolute atomic E-state index is 0.0940. The summed E-state index contributed by atoms with van der Waals surface area (Å²) >= 11 is 0. The van der Waals surface area contributed by atoms with E-state index in [0.29, 0.717) is 0 Å². The maximum Gasteiger partial charge on any atom is 0.256 e. The standard InChI is InChI=1S/C8H9NO3/c10-5-9-8(12)6-3-1-2-4-7(6)11/h1-4,10-11H,5H2,(H,9,12). The van der Waals surface area contributed by atoms with E-state index in [1.165, 1.54) is 12.1 Å². The normalized spacial score (nSPS) is 9.42. The first-order valence-corrected chi connectivity index (χ1v) is 3.42. The van der Waals surface area contributed by atoms with E-state index in [2.05, 4.69) is 5.32 Å². The monoisotopic (exact) mass is 167 g/mol. The molecule has 1 aromatic rings. The average molecular weight is 167 g/mol. The molecule has 64 valence electrons. The van der Waals surface area contributed by atoms with Crippen molar-refractivity contribution in [1.82, 2.24) is 5.32 Å². The number of amides is 1. The van der Waals surface area contributed by atoms with Gasteiger partial charge in [0.25, 0.3) is 5.91 Å². The molecule has 0 saturated carbocycles. The van der Waals surface area contributed by atoms with Crippen LogP contribution in [0.1, 0.15) is 10.4 Å². The van der Waals surface area contributed by atoms with Crippen molar-refractivity contribution >= 4 is 5.91 Å². The zero-order valence-electron chi connectivity index (χ0n) is 6.32. The van der Waals surface area contributed by atoms with Crippen molar-refractivity contribution in [2.24, 2.45) is 0 Å². The van der Waals surface area contributed by atoms with E-state index >= 15 is 0 Å². The fourth-order valence-electron chi connectivity index (χ4n) is 0.833. The van der Waals surface area contributed by atoms with Crippen LogP contribution in [0.4, 0.5) is 0 Å². The van der Waals surface area contributed by atoms with Crippen LogP contribution in [0.15, 0.2) is 24.3 Å². The van der Waals surface area contributed by atoms with Gasteiger partial charge >= 0.3 is 0 Å². The van der Waals surface area contributed by atoms with E-state index in [1.54, 1.807) is 12.1 Å². The lowest BCUT2D eigenvalue weighted by Gasteiger charge is -2.02. The molecule has 4 heteroatoms. The van der Waals surface area contributed by atoms with Crippen LogP contribution in [0.3, 0.4) is 0 Å². The fourth-order valence-corrected chi connectivity index (χ4v) is 0.833. The lowest BCUT2D eigenvalue weighted by molar-refractivity contribution is 0.0907. The van der Waals surface area contributed by atoms with Crippen molar-refractivity contribution in [3.05, 3.63) is 29.8 Å². The number of carbonyl (C=O) groups is 1. The molecule has 0 aliphatic rings. The largest absolute Gasteiger partial charge is 0.507 e. The summed E-state index contributed by atoms with van der Waals surface area (Å²) in [5, 5.41) is 19.7. The van der Waals surface area contributed by atoms with E-state index in [0.717, 1.165) is 0 Å². The molecule has 0 fully saturated rings. The lowest BCUT2D eigenvalue weighted by atomic mass is 10.2. The van der Waals surface area contributed by atoms with Crippen LogP contribution in [-0.2, 0) is 0 Å². The van der Waals surface area contributed by atoms with Crippen molar-refractivity contribution in [2.45, 2.75) is 0 Å². The Balaban J connectivity index is 2.87. The van der Waals surface area contributed by atoms with Crippen molar-refractivity contribution in [1.29, 1.82) is 0 Å². The Hall–Kier alpha value is -1.55. The number of phenolic OH excluding ortho intramolecular Hbond substituents is 1. The molecule has 3 N–H and O–H groups in total. The Bertz CT molecular complexity index is 285. The molecule has 0 aromatic heterocycles. The second-order valence-electron chi connectivity index (χ2n) is 2.18. The molecule has 0 aliphatic carbocycles. The summed E-state index contributed by atoms with van der Waals surface area (Å²) in [6, 6.07) is 6.13. The second kappa shape index (κ2) is 3.73. The van der Waals surface area contributed by atoms with Gasteiger partial charge in [-0.3, -0.25) is 4.79 Å². The molecule has 12 heavy (non-hydrogen) atoms. The summed E-state index contributed by atoms with van der Waals surface area (Å²) in [6.07, 6.45) is 0. The minimum atomic E-state index is -0.490. The highest BCUT2D eigenvalue weighted by Crippen LogP contribution is 2.14. The molecule has 0 unspecified atom stereocenters. The van der Waals surface area contributed by atoms with Gasteiger partial charge in [-0.2, -0.15) is 0 Å². The molecule has 1 rings (SSSR count). The number of phenols is 1. The fraction of sp³-hybridized carbons (Fsp3) is 0.125. The highest BCUT2D eigenvalue weighted by molar-refractivity contribution is 5.96. The van der Waals surface area contributed by atoms with Gasteiger partial charge < -0.3 is 15.5 Å². The molecule has 0 saturated heterocycles. The van der Waals surface area contributed by atoms with E-state index in [9.17, 15) is 4.79 Å². The zero-order chi connectivity index (χ0) is 8.97.